The van der Waals surface area contributed by atoms with Gasteiger partial charge in [0.05, 0.1) is 6.26 Å². The second-order valence-electron chi connectivity index (χ2n) is 4.28. The minimum absolute atomic E-state index is 0.148. The Kier molecular flexibility index (Phi) is 2.79. The topological polar surface area (TPSA) is 60.1 Å². The second-order valence-corrected chi connectivity index (χ2v) is 4.28. The molecule has 2 aromatic heterocycles. The molecule has 0 aliphatic carbocycles. The Balaban J connectivity index is 1.76. The first-order valence-corrected chi connectivity index (χ1v) is 5.97. The number of fused-ring (bicyclic) bond motifs is 1. The zero-order chi connectivity index (χ0) is 13.2. The summed E-state index contributed by atoms with van der Waals surface area (Å²) in [5.74, 6) is -0.148. The predicted octanol–water partition coefficient (Wildman–Crippen LogP) is 2.10. The van der Waals surface area contributed by atoms with Crippen LogP contribution in [-0.2, 0) is 13.6 Å². The van der Waals surface area contributed by atoms with Crippen molar-refractivity contribution < 1.29 is 9.21 Å². The van der Waals surface area contributed by atoms with Gasteiger partial charge in [0.25, 0.3) is 5.91 Å². The summed E-state index contributed by atoms with van der Waals surface area (Å²) in [6.07, 6.45) is 3.27. The summed E-state index contributed by atoms with van der Waals surface area (Å²) in [7, 11) is 1.74. The van der Waals surface area contributed by atoms with Crippen LogP contribution < -0.4 is 5.32 Å². The zero-order valence-electron chi connectivity index (χ0n) is 10.5. The lowest BCUT2D eigenvalue weighted by atomic mass is 10.2. The van der Waals surface area contributed by atoms with Crippen LogP contribution >= 0.6 is 0 Å². The molecule has 0 aliphatic rings. The van der Waals surface area contributed by atoms with Crippen LogP contribution in [-0.4, -0.2) is 15.7 Å². The number of furan rings is 1. The minimum atomic E-state index is -0.148. The highest BCUT2D eigenvalue weighted by Crippen LogP contribution is 2.20. The molecule has 1 N–H and O–H groups in total. The largest absolute Gasteiger partial charge is 0.464 e. The van der Waals surface area contributed by atoms with Gasteiger partial charge >= 0.3 is 0 Å². The van der Waals surface area contributed by atoms with Gasteiger partial charge in [-0.15, -0.1) is 0 Å². The van der Waals surface area contributed by atoms with Crippen LogP contribution in [0.3, 0.4) is 0 Å². The summed E-state index contributed by atoms with van der Waals surface area (Å²) in [4.78, 5) is 12.0. The van der Waals surface area contributed by atoms with Gasteiger partial charge in [0.2, 0.25) is 0 Å². The van der Waals surface area contributed by atoms with E-state index in [0.717, 1.165) is 16.5 Å². The number of carbonyl (C=O) groups is 1. The Morgan fingerprint density at radius 1 is 1.37 bits per heavy atom. The lowest BCUT2D eigenvalue weighted by Gasteiger charge is -2.04. The van der Waals surface area contributed by atoms with Crippen LogP contribution in [0, 0.1) is 0 Å². The number of carbonyl (C=O) groups excluding carboxylic acids is 1. The molecule has 19 heavy (non-hydrogen) atoms. The summed E-state index contributed by atoms with van der Waals surface area (Å²) in [6, 6.07) is 9.43. The van der Waals surface area contributed by atoms with Crippen molar-refractivity contribution in [1.29, 1.82) is 0 Å². The average molecular weight is 255 g/mol. The number of para-hydroxylation sites is 1. The van der Waals surface area contributed by atoms with E-state index in [9.17, 15) is 4.79 Å². The number of nitrogens with zero attached hydrogens (tertiary/aromatic N) is 2. The maximum absolute atomic E-state index is 12.0. The summed E-state index contributed by atoms with van der Waals surface area (Å²) in [6.45, 7) is 0.432. The molecule has 1 amide bonds. The summed E-state index contributed by atoms with van der Waals surface area (Å²) < 4.78 is 6.97. The fourth-order valence-corrected chi connectivity index (χ4v) is 2.03. The highest BCUT2D eigenvalue weighted by atomic mass is 16.3. The quantitative estimate of drug-likeness (QED) is 0.779. The van der Waals surface area contributed by atoms with Gasteiger partial charge in [-0.3, -0.25) is 9.48 Å². The lowest BCUT2D eigenvalue weighted by Crippen LogP contribution is -2.24. The first-order chi connectivity index (χ1) is 9.25. The van der Waals surface area contributed by atoms with E-state index in [1.807, 2.05) is 24.3 Å². The van der Waals surface area contributed by atoms with Crippen molar-refractivity contribution in [3.05, 3.63) is 54.0 Å². The molecule has 0 saturated heterocycles. The number of hydrogen-bond acceptors (Lipinski definition) is 3. The third kappa shape index (κ3) is 2.10. The summed E-state index contributed by atoms with van der Waals surface area (Å²) >= 11 is 0. The van der Waals surface area contributed by atoms with Crippen molar-refractivity contribution in [2.45, 2.75) is 6.54 Å². The van der Waals surface area contributed by atoms with Gasteiger partial charge in [0, 0.05) is 30.7 Å². The number of hydrogen-bond donors (Lipinski definition) is 1. The zero-order valence-corrected chi connectivity index (χ0v) is 10.5. The number of rotatable bonds is 3. The van der Waals surface area contributed by atoms with E-state index in [-0.39, 0.29) is 5.91 Å². The molecule has 2 heterocycles. The number of nitrogens with one attached hydrogen (secondary N) is 1. The van der Waals surface area contributed by atoms with Crippen molar-refractivity contribution >= 4 is 16.9 Å². The number of aromatic nitrogens is 2. The van der Waals surface area contributed by atoms with E-state index in [1.165, 1.54) is 0 Å². The number of benzene rings is 1. The maximum atomic E-state index is 12.0. The monoisotopic (exact) mass is 255 g/mol. The molecule has 3 aromatic rings. The Morgan fingerprint density at radius 3 is 3.00 bits per heavy atom. The molecule has 0 spiro atoms. The lowest BCUT2D eigenvalue weighted by molar-refractivity contribution is 0.0941. The molecule has 0 saturated carbocycles. The second kappa shape index (κ2) is 4.61. The highest BCUT2D eigenvalue weighted by molar-refractivity contribution is 5.92. The van der Waals surface area contributed by atoms with Gasteiger partial charge in [-0.25, -0.2) is 0 Å². The predicted molar refractivity (Wildman–Crippen MR) is 70.6 cm³/mol. The van der Waals surface area contributed by atoms with Crippen LogP contribution in [0.1, 0.15) is 16.1 Å². The fraction of sp³-hybridized carbons (Fsp3) is 0.143. The van der Waals surface area contributed by atoms with E-state index >= 15 is 0 Å². The van der Waals surface area contributed by atoms with Gasteiger partial charge in [-0.2, -0.15) is 5.10 Å². The van der Waals surface area contributed by atoms with E-state index in [2.05, 4.69) is 10.4 Å². The van der Waals surface area contributed by atoms with Crippen molar-refractivity contribution in [3.8, 4) is 0 Å². The van der Waals surface area contributed by atoms with E-state index < -0.39 is 0 Å². The molecule has 0 bridgehead atoms. The number of amides is 1. The molecule has 96 valence electrons. The number of aryl methyl sites for hydroxylation is 1. The maximum Gasteiger partial charge on any atom is 0.269 e. The Hall–Kier alpha value is -2.56. The van der Waals surface area contributed by atoms with Gasteiger partial charge in [-0.05, 0) is 12.1 Å². The molecule has 0 aliphatic heterocycles. The fourth-order valence-electron chi connectivity index (χ4n) is 2.03. The highest BCUT2D eigenvalue weighted by Gasteiger charge is 2.11. The SMILES string of the molecule is Cn1nccc1C(=O)NCc1coc2ccccc12. The molecule has 0 fully saturated rings. The Bertz CT molecular complexity index is 727. The van der Waals surface area contributed by atoms with E-state index in [4.69, 9.17) is 4.42 Å². The standard InChI is InChI=1S/C14H13N3O2/c1-17-12(6-7-16-17)14(18)15-8-10-9-19-13-5-3-2-4-11(10)13/h2-7,9H,8H2,1H3,(H,15,18). The van der Waals surface area contributed by atoms with Crippen LogP contribution in [0.25, 0.3) is 11.0 Å². The minimum Gasteiger partial charge on any atom is -0.464 e. The summed E-state index contributed by atoms with van der Waals surface area (Å²) in [5.41, 5.74) is 2.33. The molecule has 5 heteroatoms. The normalized spacial score (nSPS) is 10.8. The van der Waals surface area contributed by atoms with Crippen molar-refractivity contribution in [3.63, 3.8) is 0 Å². The first kappa shape index (κ1) is 11.5. The Morgan fingerprint density at radius 2 is 2.21 bits per heavy atom. The first-order valence-electron chi connectivity index (χ1n) is 5.97. The smallest absolute Gasteiger partial charge is 0.269 e. The van der Waals surface area contributed by atoms with Crippen LogP contribution in [0.2, 0.25) is 0 Å². The molecule has 5 nitrogen and oxygen atoms in total. The molecular weight excluding hydrogens is 242 g/mol. The van der Waals surface area contributed by atoms with Gasteiger partial charge in [0.15, 0.2) is 0 Å². The van der Waals surface area contributed by atoms with Gasteiger partial charge in [0.1, 0.15) is 11.3 Å². The van der Waals surface area contributed by atoms with Gasteiger partial charge in [-0.1, -0.05) is 18.2 Å². The molecule has 1 aromatic carbocycles. The molecule has 0 atom stereocenters. The Labute approximate surface area is 109 Å². The van der Waals surface area contributed by atoms with Crippen molar-refractivity contribution in [2.75, 3.05) is 0 Å². The van der Waals surface area contributed by atoms with Crippen molar-refractivity contribution in [2.24, 2.45) is 7.05 Å². The van der Waals surface area contributed by atoms with Crippen LogP contribution in [0.4, 0.5) is 0 Å². The summed E-state index contributed by atoms with van der Waals surface area (Å²) in [5, 5.41) is 7.85. The molecule has 0 radical (unpaired) electrons. The third-order valence-electron chi connectivity index (χ3n) is 3.05. The molecular formula is C14H13N3O2. The van der Waals surface area contributed by atoms with Crippen molar-refractivity contribution in [1.82, 2.24) is 15.1 Å². The third-order valence-corrected chi connectivity index (χ3v) is 3.05. The van der Waals surface area contributed by atoms with Gasteiger partial charge < -0.3 is 9.73 Å². The average Bonchev–Trinajstić information content (AvgIpc) is 3.02. The molecule has 3 rings (SSSR count). The van der Waals surface area contributed by atoms with Crippen LogP contribution in [0.5, 0.6) is 0 Å². The van der Waals surface area contributed by atoms with E-state index in [1.54, 1.807) is 30.3 Å². The molecule has 0 unspecified atom stereocenters. The van der Waals surface area contributed by atoms with E-state index in [0.29, 0.717) is 12.2 Å². The van der Waals surface area contributed by atoms with Crippen LogP contribution in [0.15, 0.2) is 47.2 Å².